The summed E-state index contributed by atoms with van der Waals surface area (Å²) in [5, 5.41) is 0. The number of hydrogen-bond acceptors (Lipinski definition) is 1. The number of hydrogen-bond donors (Lipinski definition) is 0. The first-order valence-corrected chi connectivity index (χ1v) is 4.78. The van der Waals surface area contributed by atoms with E-state index in [1.165, 1.54) is 0 Å². The van der Waals surface area contributed by atoms with Crippen LogP contribution >= 0.6 is 0 Å². The van der Waals surface area contributed by atoms with Gasteiger partial charge >= 0.3 is 6.18 Å². The minimum atomic E-state index is -4.56. The molecular formula is C11H12F4O. The summed E-state index contributed by atoms with van der Waals surface area (Å²) in [4.78, 5) is 0. The van der Waals surface area contributed by atoms with Crippen molar-refractivity contribution in [3.63, 3.8) is 0 Å². The quantitative estimate of drug-likeness (QED) is 0.726. The van der Waals surface area contributed by atoms with E-state index in [1.807, 2.05) is 0 Å². The summed E-state index contributed by atoms with van der Waals surface area (Å²) >= 11 is 0. The predicted molar refractivity (Wildman–Crippen MR) is 51.3 cm³/mol. The zero-order chi connectivity index (χ0) is 12.3. The molecule has 0 aliphatic rings. The zero-order valence-electron chi connectivity index (χ0n) is 8.94. The minimum Gasteiger partial charge on any atom is -0.374 e. The molecule has 0 unspecified atom stereocenters. The summed E-state index contributed by atoms with van der Waals surface area (Å²) in [7, 11) is 0. The van der Waals surface area contributed by atoms with Gasteiger partial charge in [-0.15, -0.1) is 0 Å². The number of ether oxygens (including phenoxy) is 1. The molecule has 0 aliphatic heterocycles. The summed E-state index contributed by atoms with van der Waals surface area (Å²) in [6, 6.07) is 2.88. The Labute approximate surface area is 91.0 Å². The van der Waals surface area contributed by atoms with E-state index in [-0.39, 0.29) is 12.7 Å². The maximum atomic E-state index is 13.3. The molecule has 0 atom stereocenters. The molecule has 0 fully saturated rings. The van der Waals surface area contributed by atoms with Gasteiger partial charge < -0.3 is 4.74 Å². The van der Waals surface area contributed by atoms with Crippen molar-refractivity contribution in [1.82, 2.24) is 0 Å². The van der Waals surface area contributed by atoms with Gasteiger partial charge in [0.25, 0.3) is 0 Å². The van der Waals surface area contributed by atoms with Gasteiger partial charge in [-0.25, -0.2) is 4.39 Å². The lowest BCUT2D eigenvalue weighted by atomic mass is 10.1. The van der Waals surface area contributed by atoms with Crippen LogP contribution in [0.1, 0.15) is 25.0 Å². The lowest BCUT2D eigenvalue weighted by molar-refractivity contribution is -0.139. The van der Waals surface area contributed by atoms with Gasteiger partial charge in [0.05, 0.1) is 18.3 Å². The van der Waals surface area contributed by atoms with Crippen LogP contribution in [0.5, 0.6) is 0 Å². The Balaban J connectivity index is 3.04. The summed E-state index contributed by atoms with van der Waals surface area (Å²) in [5.41, 5.74) is -1.42. The Morgan fingerprint density at radius 1 is 1.25 bits per heavy atom. The molecule has 0 saturated heterocycles. The van der Waals surface area contributed by atoms with Gasteiger partial charge in [-0.3, -0.25) is 0 Å². The van der Waals surface area contributed by atoms with E-state index in [2.05, 4.69) is 0 Å². The van der Waals surface area contributed by atoms with Crippen LogP contribution in [-0.4, -0.2) is 6.10 Å². The highest BCUT2D eigenvalue weighted by atomic mass is 19.4. The number of alkyl halides is 3. The molecule has 0 aliphatic carbocycles. The van der Waals surface area contributed by atoms with Crippen molar-refractivity contribution in [2.75, 3.05) is 0 Å². The van der Waals surface area contributed by atoms with Crippen molar-refractivity contribution in [3.8, 4) is 0 Å². The molecule has 0 bridgehead atoms. The second kappa shape index (κ2) is 4.82. The number of halogens is 4. The van der Waals surface area contributed by atoms with Crippen molar-refractivity contribution in [2.45, 2.75) is 32.7 Å². The van der Waals surface area contributed by atoms with E-state index < -0.39 is 23.1 Å². The molecule has 5 heteroatoms. The molecule has 0 N–H and O–H groups in total. The molecule has 1 nitrogen and oxygen atoms in total. The minimum absolute atomic E-state index is 0.249. The fourth-order valence-corrected chi connectivity index (χ4v) is 1.22. The zero-order valence-corrected chi connectivity index (χ0v) is 8.94. The van der Waals surface area contributed by atoms with Crippen molar-refractivity contribution in [3.05, 3.63) is 35.1 Å². The second-order valence-electron chi connectivity index (χ2n) is 3.62. The highest BCUT2D eigenvalue weighted by molar-refractivity contribution is 5.30. The Morgan fingerprint density at radius 3 is 2.38 bits per heavy atom. The van der Waals surface area contributed by atoms with Gasteiger partial charge in [0.15, 0.2) is 0 Å². The molecule has 0 amide bonds. The van der Waals surface area contributed by atoms with Gasteiger partial charge in [0.2, 0.25) is 0 Å². The van der Waals surface area contributed by atoms with Gasteiger partial charge in [-0.1, -0.05) is 6.07 Å². The monoisotopic (exact) mass is 236 g/mol. The predicted octanol–water partition coefficient (Wildman–Crippen LogP) is 3.77. The fourth-order valence-electron chi connectivity index (χ4n) is 1.22. The maximum absolute atomic E-state index is 13.3. The molecular weight excluding hydrogens is 224 g/mol. The van der Waals surface area contributed by atoms with Crippen LogP contribution in [0.2, 0.25) is 0 Å². The van der Waals surface area contributed by atoms with Crippen molar-refractivity contribution >= 4 is 0 Å². The third kappa shape index (κ3) is 3.20. The molecule has 1 aromatic rings. The van der Waals surface area contributed by atoms with Crippen molar-refractivity contribution in [1.29, 1.82) is 0 Å². The van der Waals surface area contributed by atoms with Crippen LogP contribution < -0.4 is 0 Å². The van der Waals surface area contributed by atoms with Crippen LogP contribution in [0.25, 0.3) is 0 Å². The molecule has 0 heterocycles. The average molecular weight is 236 g/mol. The van der Waals surface area contributed by atoms with Crippen LogP contribution in [0.15, 0.2) is 18.2 Å². The van der Waals surface area contributed by atoms with Crippen LogP contribution in [0, 0.1) is 5.82 Å². The Morgan fingerprint density at radius 2 is 1.88 bits per heavy atom. The SMILES string of the molecule is CC(C)OCc1c(F)cccc1C(F)(F)F. The largest absolute Gasteiger partial charge is 0.416 e. The number of benzene rings is 1. The first-order valence-electron chi connectivity index (χ1n) is 4.78. The lowest BCUT2D eigenvalue weighted by Gasteiger charge is -2.14. The van der Waals surface area contributed by atoms with Crippen molar-refractivity contribution in [2.24, 2.45) is 0 Å². The summed E-state index contributed by atoms with van der Waals surface area (Å²) < 4.78 is 55.8. The molecule has 0 saturated carbocycles. The first-order chi connectivity index (χ1) is 7.32. The van der Waals surface area contributed by atoms with Gasteiger partial charge in [0, 0.05) is 5.56 Å². The van der Waals surface area contributed by atoms with Gasteiger partial charge in [0.1, 0.15) is 5.82 Å². The third-order valence-electron chi connectivity index (χ3n) is 1.99. The Hall–Kier alpha value is -1.10. The van der Waals surface area contributed by atoms with Gasteiger partial charge in [-0.2, -0.15) is 13.2 Å². The van der Waals surface area contributed by atoms with E-state index in [0.29, 0.717) is 0 Å². The summed E-state index contributed by atoms with van der Waals surface area (Å²) in [5.74, 6) is -0.893. The molecule has 0 aromatic heterocycles. The third-order valence-corrected chi connectivity index (χ3v) is 1.99. The first kappa shape index (κ1) is 13.0. The molecule has 1 rings (SSSR count). The topological polar surface area (TPSA) is 9.23 Å². The molecule has 0 spiro atoms. The van der Waals surface area contributed by atoms with E-state index in [4.69, 9.17) is 4.74 Å². The Kier molecular flexibility index (Phi) is 3.91. The molecule has 90 valence electrons. The fraction of sp³-hybridized carbons (Fsp3) is 0.455. The van der Waals surface area contributed by atoms with Crippen LogP contribution in [-0.2, 0) is 17.5 Å². The summed E-state index contributed by atoms with van der Waals surface area (Å²) in [6.07, 6.45) is -4.81. The van der Waals surface area contributed by atoms with E-state index in [9.17, 15) is 17.6 Å². The van der Waals surface area contributed by atoms with Crippen LogP contribution in [0.4, 0.5) is 17.6 Å². The molecule has 0 radical (unpaired) electrons. The highest BCUT2D eigenvalue weighted by Crippen LogP contribution is 2.33. The van der Waals surface area contributed by atoms with Gasteiger partial charge in [-0.05, 0) is 26.0 Å². The number of rotatable bonds is 3. The van der Waals surface area contributed by atoms with Crippen molar-refractivity contribution < 1.29 is 22.3 Å². The van der Waals surface area contributed by atoms with E-state index in [0.717, 1.165) is 18.2 Å². The standard InChI is InChI=1S/C11H12F4O/c1-7(2)16-6-8-9(11(13,14)15)4-3-5-10(8)12/h3-5,7H,6H2,1-2H3. The van der Waals surface area contributed by atoms with E-state index >= 15 is 0 Å². The van der Waals surface area contributed by atoms with Crippen LogP contribution in [0.3, 0.4) is 0 Å². The Bertz CT molecular complexity index is 357. The lowest BCUT2D eigenvalue weighted by Crippen LogP contribution is -2.13. The summed E-state index contributed by atoms with van der Waals surface area (Å²) in [6.45, 7) is 2.97. The maximum Gasteiger partial charge on any atom is 0.416 e. The molecule has 1 aromatic carbocycles. The normalized spacial score (nSPS) is 12.2. The smallest absolute Gasteiger partial charge is 0.374 e. The second-order valence-corrected chi connectivity index (χ2v) is 3.62. The highest BCUT2D eigenvalue weighted by Gasteiger charge is 2.34. The molecule has 16 heavy (non-hydrogen) atoms. The van der Waals surface area contributed by atoms with E-state index in [1.54, 1.807) is 13.8 Å². The average Bonchev–Trinajstić information content (AvgIpc) is 2.13.